The first kappa shape index (κ1) is 21.2. The van der Waals surface area contributed by atoms with Crippen LogP contribution in [0.25, 0.3) is 16.7 Å². The lowest BCUT2D eigenvalue weighted by Crippen LogP contribution is -2.28. The number of carbonyl (C=O) groups is 1. The van der Waals surface area contributed by atoms with Gasteiger partial charge in [-0.05, 0) is 19.1 Å². The van der Waals surface area contributed by atoms with Gasteiger partial charge >= 0.3 is 15.6 Å². The molecule has 0 saturated carbocycles. The van der Waals surface area contributed by atoms with Crippen LogP contribution in [0.5, 0.6) is 5.88 Å². The first-order chi connectivity index (χ1) is 15.0. The van der Waals surface area contributed by atoms with Crippen molar-refractivity contribution in [2.75, 3.05) is 5.32 Å². The van der Waals surface area contributed by atoms with Crippen molar-refractivity contribution in [1.82, 2.24) is 29.9 Å². The molecular weight excluding hydrogens is 455 g/mol. The summed E-state index contributed by atoms with van der Waals surface area (Å²) in [6.07, 6.45) is 2.61. The molecule has 0 aliphatic heterocycles. The number of nitrogens with zero attached hydrogens (tertiary/aromatic N) is 5. The second-order valence-electron chi connectivity index (χ2n) is 6.41. The van der Waals surface area contributed by atoms with Gasteiger partial charge in [0.15, 0.2) is 5.69 Å². The molecule has 2 N–H and O–H groups in total. The van der Waals surface area contributed by atoms with Crippen molar-refractivity contribution in [2.45, 2.75) is 12.4 Å². The van der Waals surface area contributed by atoms with Crippen molar-refractivity contribution in [3.8, 4) is 11.6 Å². The Morgan fingerprint density at radius 3 is 2.62 bits per heavy atom. The van der Waals surface area contributed by atoms with Crippen LogP contribution in [0.4, 0.5) is 19.0 Å². The van der Waals surface area contributed by atoms with E-state index in [2.05, 4.69) is 34.8 Å². The summed E-state index contributed by atoms with van der Waals surface area (Å²) in [5.74, 6) is -1.85. The van der Waals surface area contributed by atoms with E-state index in [4.69, 9.17) is 0 Å². The normalized spacial score (nSPS) is 12.1. The van der Waals surface area contributed by atoms with Crippen molar-refractivity contribution in [2.24, 2.45) is 0 Å². The molecule has 1 aromatic carbocycles. The van der Waals surface area contributed by atoms with Gasteiger partial charge in [0, 0.05) is 6.07 Å². The average molecular weight is 467 g/mol. The lowest BCUT2D eigenvalue weighted by molar-refractivity contribution is -0.0501. The van der Waals surface area contributed by atoms with Gasteiger partial charge in [-0.3, -0.25) is 9.89 Å². The molecule has 3 aromatic heterocycles. The zero-order valence-corrected chi connectivity index (χ0v) is 16.8. The molecule has 0 unspecified atom stereocenters. The summed E-state index contributed by atoms with van der Waals surface area (Å²) in [5.41, 5.74) is -3.99. The molecule has 1 amide bonds. The minimum absolute atomic E-state index is 0.121. The highest BCUT2D eigenvalue weighted by Crippen LogP contribution is 2.29. The number of alkyl halides is 3. The molecule has 4 aromatic rings. The number of amides is 1. The van der Waals surface area contributed by atoms with Crippen molar-refractivity contribution in [3.05, 3.63) is 54.1 Å². The maximum absolute atomic E-state index is 12.7. The summed E-state index contributed by atoms with van der Waals surface area (Å²) in [6, 6.07) is 7.35. The van der Waals surface area contributed by atoms with Gasteiger partial charge < -0.3 is 9.50 Å². The van der Waals surface area contributed by atoms with Crippen LogP contribution in [-0.2, 0) is 10.1 Å². The third-order valence-electron chi connectivity index (χ3n) is 4.13. The van der Waals surface area contributed by atoms with E-state index in [0.29, 0.717) is 11.2 Å². The molecule has 0 radical (unpaired) electrons. The van der Waals surface area contributed by atoms with Gasteiger partial charge in [-0.2, -0.15) is 26.7 Å². The molecule has 11 nitrogen and oxygen atoms in total. The summed E-state index contributed by atoms with van der Waals surface area (Å²) >= 11 is 0. The van der Waals surface area contributed by atoms with E-state index >= 15 is 0 Å². The van der Waals surface area contributed by atoms with Crippen LogP contribution in [0, 0.1) is 6.92 Å². The number of benzene rings is 1. The lowest BCUT2D eigenvalue weighted by atomic mass is 10.2. The Labute approximate surface area is 177 Å². The first-order valence-corrected chi connectivity index (χ1v) is 10.1. The van der Waals surface area contributed by atoms with Gasteiger partial charge in [0.25, 0.3) is 11.8 Å². The molecule has 15 heteroatoms. The van der Waals surface area contributed by atoms with Crippen LogP contribution in [0.1, 0.15) is 16.1 Å². The van der Waals surface area contributed by atoms with E-state index < -0.39 is 27.4 Å². The van der Waals surface area contributed by atoms with Crippen LogP contribution in [0.3, 0.4) is 0 Å². The number of hydrogen-bond acceptors (Lipinski definition) is 8. The van der Waals surface area contributed by atoms with Gasteiger partial charge in [-0.15, -0.1) is 5.10 Å². The topological polar surface area (TPSA) is 145 Å². The molecule has 32 heavy (non-hydrogen) atoms. The Morgan fingerprint density at radius 2 is 1.94 bits per heavy atom. The van der Waals surface area contributed by atoms with Crippen molar-refractivity contribution in [3.63, 3.8) is 0 Å². The number of aromatic nitrogens is 6. The zero-order chi connectivity index (χ0) is 23.1. The second kappa shape index (κ2) is 7.60. The predicted molar refractivity (Wildman–Crippen MR) is 104 cm³/mol. The number of nitrogens with one attached hydrogen (secondary N) is 2. The number of carbonyl (C=O) groups excluding carboxylic acids is 1. The highest BCUT2D eigenvalue weighted by Gasteiger charge is 2.49. The Hall–Kier alpha value is -4.01. The Bertz CT molecular complexity index is 1410. The molecular formula is C17H12F3N7O4S. The fraction of sp³-hybridized carbons (Fsp3) is 0.118. The molecule has 0 spiro atoms. The van der Waals surface area contributed by atoms with Gasteiger partial charge in [-0.25, -0.2) is 14.6 Å². The molecule has 4 rings (SSSR count). The number of aryl methyl sites for hydroxylation is 1. The van der Waals surface area contributed by atoms with E-state index in [1.807, 2.05) is 6.92 Å². The molecule has 0 aliphatic carbocycles. The van der Waals surface area contributed by atoms with Gasteiger partial charge in [-0.1, -0.05) is 17.7 Å². The molecule has 166 valence electrons. The summed E-state index contributed by atoms with van der Waals surface area (Å²) in [7, 11) is -5.97. The Kier molecular flexibility index (Phi) is 5.04. The highest BCUT2D eigenvalue weighted by molar-refractivity contribution is 7.87. The summed E-state index contributed by atoms with van der Waals surface area (Å²) in [5, 5.41) is 12.6. The Balaban J connectivity index is 1.73. The molecule has 0 fully saturated rings. The molecule has 3 heterocycles. The molecule has 0 atom stereocenters. The van der Waals surface area contributed by atoms with Crippen LogP contribution in [-0.4, -0.2) is 49.8 Å². The van der Waals surface area contributed by atoms with Crippen LogP contribution in [0.2, 0.25) is 0 Å². The molecule has 0 bridgehead atoms. The van der Waals surface area contributed by atoms with E-state index in [9.17, 15) is 26.4 Å². The lowest BCUT2D eigenvalue weighted by Gasteiger charge is -2.08. The SMILES string of the molecule is Cc1ccc(-n2nc(OS(=O)(=O)C(F)(F)F)cc2NC(=O)c2n[nH]c3cncnc23)cc1. The van der Waals surface area contributed by atoms with Crippen molar-refractivity contribution >= 4 is 32.9 Å². The maximum Gasteiger partial charge on any atom is 0.534 e. The fourth-order valence-electron chi connectivity index (χ4n) is 2.63. The summed E-state index contributed by atoms with van der Waals surface area (Å²) in [4.78, 5) is 20.5. The van der Waals surface area contributed by atoms with Crippen molar-refractivity contribution in [1.29, 1.82) is 0 Å². The smallest absolute Gasteiger partial charge is 0.354 e. The number of aromatic amines is 1. The van der Waals surface area contributed by atoms with Gasteiger partial charge in [0.2, 0.25) is 0 Å². The summed E-state index contributed by atoms with van der Waals surface area (Å²) in [6.45, 7) is 1.81. The second-order valence-corrected chi connectivity index (χ2v) is 7.95. The largest absolute Gasteiger partial charge is 0.534 e. The maximum atomic E-state index is 12.7. The third kappa shape index (κ3) is 3.96. The summed E-state index contributed by atoms with van der Waals surface area (Å²) < 4.78 is 65.9. The minimum Gasteiger partial charge on any atom is -0.354 e. The number of hydrogen-bond donors (Lipinski definition) is 2. The fourth-order valence-corrected chi connectivity index (χ4v) is 3.04. The predicted octanol–water partition coefficient (Wildman–Crippen LogP) is 2.33. The van der Waals surface area contributed by atoms with Gasteiger partial charge in [0.05, 0.1) is 11.9 Å². The quantitative estimate of drug-likeness (QED) is 0.336. The highest BCUT2D eigenvalue weighted by atomic mass is 32.2. The first-order valence-electron chi connectivity index (χ1n) is 8.68. The van der Waals surface area contributed by atoms with E-state index in [1.54, 1.807) is 24.3 Å². The average Bonchev–Trinajstić information content (AvgIpc) is 3.31. The number of fused-ring (bicyclic) bond motifs is 1. The van der Waals surface area contributed by atoms with Crippen LogP contribution < -0.4 is 9.50 Å². The third-order valence-corrected chi connectivity index (χ3v) is 5.08. The molecule has 0 aliphatic rings. The van der Waals surface area contributed by atoms with E-state index in [-0.39, 0.29) is 17.0 Å². The van der Waals surface area contributed by atoms with E-state index in [0.717, 1.165) is 16.3 Å². The minimum atomic E-state index is -5.97. The standard InChI is InChI=1S/C17H12F3N7O4S/c1-9-2-4-10(5-3-9)27-12(6-13(26-27)31-32(29,30)17(18,19)20)23-16(28)15-14-11(24-25-15)7-21-8-22-14/h2-8H,1H3,(H,23,28)(H,24,25). The number of halogens is 3. The van der Waals surface area contributed by atoms with Crippen LogP contribution in [0.15, 0.2) is 42.9 Å². The zero-order valence-electron chi connectivity index (χ0n) is 16.0. The van der Waals surface area contributed by atoms with E-state index in [1.165, 1.54) is 12.5 Å². The van der Waals surface area contributed by atoms with Crippen LogP contribution >= 0.6 is 0 Å². The monoisotopic (exact) mass is 467 g/mol. The number of anilines is 1. The number of rotatable bonds is 5. The van der Waals surface area contributed by atoms with Gasteiger partial charge in [0.1, 0.15) is 23.2 Å². The number of H-pyrrole nitrogens is 1. The van der Waals surface area contributed by atoms with Crippen molar-refractivity contribution < 1.29 is 30.6 Å². The Morgan fingerprint density at radius 1 is 1.22 bits per heavy atom. The molecule has 0 saturated heterocycles.